The maximum atomic E-state index is 13.8. The molecular weight excluding hydrogens is 289 g/mol. The van der Waals surface area contributed by atoms with Crippen LogP contribution in [0.15, 0.2) is 12.1 Å². The molecule has 0 aliphatic carbocycles. The minimum Gasteiger partial charge on any atom is -0.325 e. The van der Waals surface area contributed by atoms with Gasteiger partial charge >= 0.3 is 0 Å². The number of rotatable bonds is 4. The summed E-state index contributed by atoms with van der Waals surface area (Å²) in [5.41, 5.74) is 2.16. The van der Waals surface area contributed by atoms with E-state index in [0.29, 0.717) is 11.1 Å². The molecule has 1 unspecified atom stereocenters. The number of aromatic nitrogens is 2. The van der Waals surface area contributed by atoms with Crippen molar-refractivity contribution in [2.45, 2.75) is 45.2 Å². The second kappa shape index (κ2) is 5.58. The molecule has 0 aliphatic rings. The second-order valence-corrected chi connectivity index (χ2v) is 7.12. The Morgan fingerprint density at radius 3 is 2.52 bits per heavy atom. The zero-order valence-electron chi connectivity index (χ0n) is 13.5. The topological polar surface area (TPSA) is 21.1 Å². The molecule has 1 aromatic carbocycles. The summed E-state index contributed by atoms with van der Waals surface area (Å²) in [6.45, 7) is 8.74. The van der Waals surface area contributed by atoms with Gasteiger partial charge in [0.05, 0.1) is 16.4 Å². The van der Waals surface area contributed by atoms with Crippen molar-refractivity contribution in [2.24, 2.45) is 0 Å². The fourth-order valence-corrected chi connectivity index (χ4v) is 2.43. The van der Waals surface area contributed by atoms with Crippen molar-refractivity contribution in [1.29, 1.82) is 0 Å². The SMILES string of the molecule is Cc1cc2c(cc1F)nc(C(C)Cl)n2CC(C)(C)N(C)C. The summed E-state index contributed by atoms with van der Waals surface area (Å²) in [6, 6.07) is 3.35. The highest BCUT2D eigenvalue weighted by Gasteiger charge is 2.25. The number of aryl methyl sites for hydroxylation is 1. The molecule has 3 nitrogen and oxygen atoms in total. The monoisotopic (exact) mass is 311 g/mol. The van der Waals surface area contributed by atoms with Crippen LogP contribution in [0.3, 0.4) is 0 Å². The third-order valence-electron chi connectivity index (χ3n) is 4.17. The lowest BCUT2D eigenvalue weighted by atomic mass is 10.0. The highest BCUT2D eigenvalue weighted by atomic mass is 35.5. The van der Waals surface area contributed by atoms with Crippen molar-refractivity contribution in [3.63, 3.8) is 0 Å². The molecule has 0 N–H and O–H groups in total. The molecule has 0 bridgehead atoms. The Hall–Kier alpha value is -1.13. The lowest BCUT2D eigenvalue weighted by molar-refractivity contribution is 0.170. The van der Waals surface area contributed by atoms with Gasteiger partial charge in [-0.2, -0.15) is 0 Å². The van der Waals surface area contributed by atoms with Crippen LogP contribution in [0.5, 0.6) is 0 Å². The minimum absolute atomic E-state index is 0.0591. The molecule has 0 radical (unpaired) electrons. The van der Waals surface area contributed by atoms with Crippen LogP contribution in [-0.2, 0) is 6.54 Å². The number of imidazole rings is 1. The van der Waals surface area contributed by atoms with Gasteiger partial charge in [0.1, 0.15) is 11.6 Å². The van der Waals surface area contributed by atoms with Crippen LogP contribution in [0.2, 0.25) is 0 Å². The van der Waals surface area contributed by atoms with Crippen molar-refractivity contribution < 1.29 is 4.39 Å². The molecule has 21 heavy (non-hydrogen) atoms. The summed E-state index contributed by atoms with van der Waals surface area (Å²) >= 11 is 6.28. The van der Waals surface area contributed by atoms with Gasteiger partial charge in [0.15, 0.2) is 0 Å². The summed E-state index contributed by atoms with van der Waals surface area (Å²) in [4.78, 5) is 6.69. The number of fused-ring (bicyclic) bond motifs is 1. The van der Waals surface area contributed by atoms with E-state index in [1.54, 1.807) is 6.92 Å². The van der Waals surface area contributed by atoms with Crippen molar-refractivity contribution in [3.8, 4) is 0 Å². The maximum Gasteiger partial charge on any atom is 0.128 e. The summed E-state index contributed by atoms with van der Waals surface area (Å²) in [5.74, 6) is 0.555. The van der Waals surface area contributed by atoms with Gasteiger partial charge in [-0.3, -0.25) is 0 Å². The van der Waals surface area contributed by atoms with Crippen LogP contribution < -0.4 is 0 Å². The highest BCUT2D eigenvalue weighted by Crippen LogP contribution is 2.28. The number of alkyl halides is 1. The van der Waals surface area contributed by atoms with Gasteiger partial charge in [0.25, 0.3) is 0 Å². The Morgan fingerprint density at radius 1 is 1.38 bits per heavy atom. The maximum absolute atomic E-state index is 13.8. The Bertz CT molecular complexity index is 659. The van der Waals surface area contributed by atoms with Crippen LogP contribution in [0.25, 0.3) is 11.0 Å². The van der Waals surface area contributed by atoms with Gasteiger partial charge in [0, 0.05) is 18.2 Å². The van der Waals surface area contributed by atoms with E-state index >= 15 is 0 Å². The molecule has 2 aromatic rings. The van der Waals surface area contributed by atoms with Gasteiger partial charge in [-0.05, 0) is 53.4 Å². The third kappa shape index (κ3) is 3.06. The van der Waals surface area contributed by atoms with Crippen molar-refractivity contribution in [2.75, 3.05) is 14.1 Å². The van der Waals surface area contributed by atoms with E-state index in [1.165, 1.54) is 6.07 Å². The first-order valence-corrected chi connectivity index (χ1v) is 7.55. The van der Waals surface area contributed by atoms with E-state index in [1.807, 2.05) is 27.1 Å². The number of hydrogen-bond acceptors (Lipinski definition) is 2. The third-order valence-corrected chi connectivity index (χ3v) is 4.36. The molecule has 0 saturated carbocycles. The van der Waals surface area contributed by atoms with Gasteiger partial charge in [0.2, 0.25) is 0 Å². The minimum atomic E-state index is -0.229. The summed E-state index contributed by atoms with van der Waals surface area (Å²) in [7, 11) is 4.10. The van der Waals surface area contributed by atoms with Crippen LogP contribution in [-0.4, -0.2) is 34.1 Å². The smallest absolute Gasteiger partial charge is 0.128 e. The second-order valence-electron chi connectivity index (χ2n) is 6.47. The number of nitrogens with zero attached hydrogens (tertiary/aromatic N) is 3. The molecule has 1 atom stereocenters. The molecule has 1 aromatic heterocycles. The van der Waals surface area contributed by atoms with Crippen LogP contribution in [0, 0.1) is 12.7 Å². The molecule has 0 aliphatic heterocycles. The molecule has 0 fully saturated rings. The van der Waals surface area contributed by atoms with Gasteiger partial charge in [-0.15, -0.1) is 11.6 Å². The quantitative estimate of drug-likeness (QED) is 0.792. The average molecular weight is 312 g/mol. The predicted molar refractivity (Wildman–Crippen MR) is 86.5 cm³/mol. The number of likely N-dealkylation sites (N-methyl/N-ethyl adjacent to an activating group) is 1. The first kappa shape index (κ1) is 16.2. The normalized spacial score (nSPS) is 14.1. The van der Waals surface area contributed by atoms with Crippen LogP contribution in [0.1, 0.15) is 37.5 Å². The molecule has 2 rings (SSSR count). The molecule has 0 saturated heterocycles. The molecule has 0 amide bonds. The number of halogens is 2. The molecular formula is C16H23ClFN3. The standard InChI is InChI=1S/C16H23ClFN3/c1-10-7-14-13(8-12(10)18)19-15(11(2)17)21(14)9-16(3,4)20(5)6/h7-8,11H,9H2,1-6H3. The Morgan fingerprint density at radius 2 is 2.00 bits per heavy atom. The summed E-state index contributed by atoms with van der Waals surface area (Å²) in [6.07, 6.45) is 0. The van der Waals surface area contributed by atoms with Crippen molar-refractivity contribution in [3.05, 3.63) is 29.3 Å². The van der Waals surface area contributed by atoms with Crippen LogP contribution >= 0.6 is 11.6 Å². The fraction of sp³-hybridized carbons (Fsp3) is 0.562. The largest absolute Gasteiger partial charge is 0.325 e. The van der Waals surface area contributed by atoms with E-state index in [4.69, 9.17) is 11.6 Å². The summed E-state index contributed by atoms with van der Waals surface area (Å²) < 4.78 is 15.9. The lowest BCUT2D eigenvalue weighted by Gasteiger charge is -2.33. The molecule has 116 valence electrons. The van der Waals surface area contributed by atoms with E-state index in [0.717, 1.165) is 17.9 Å². The van der Waals surface area contributed by atoms with Crippen molar-refractivity contribution >= 4 is 22.6 Å². The highest BCUT2D eigenvalue weighted by molar-refractivity contribution is 6.20. The lowest BCUT2D eigenvalue weighted by Crippen LogP contribution is -2.42. The molecule has 0 spiro atoms. The van der Waals surface area contributed by atoms with Crippen molar-refractivity contribution in [1.82, 2.24) is 14.5 Å². The first-order chi connectivity index (χ1) is 9.63. The fourth-order valence-electron chi connectivity index (χ4n) is 2.27. The Balaban J connectivity index is 2.64. The summed E-state index contributed by atoms with van der Waals surface area (Å²) in [5, 5.41) is -0.223. The molecule has 1 heterocycles. The number of benzene rings is 1. The zero-order chi connectivity index (χ0) is 15.9. The van der Waals surface area contributed by atoms with Gasteiger partial charge in [-0.25, -0.2) is 9.37 Å². The first-order valence-electron chi connectivity index (χ1n) is 7.11. The van der Waals surface area contributed by atoms with Gasteiger partial charge in [-0.1, -0.05) is 0 Å². The Kier molecular flexibility index (Phi) is 4.31. The van der Waals surface area contributed by atoms with Crippen LogP contribution in [0.4, 0.5) is 4.39 Å². The number of hydrogen-bond donors (Lipinski definition) is 0. The predicted octanol–water partition coefficient (Wildman–Crippen LogP) is 4.12. The average Bonchev–Trinajstić information content (AvgIpc) is 2.68. The van der Waals surface area contributed by atoms with E-state index in [9.17, 15) is 4.39 Å². The van der Waals surface area contributed by atoms with E-state index in [2.05, 4.69) is 28.3 Å². The molecule has 5 heteroatoms. The Labute approximate surface area is 130 Å². The zero-order valence-corrected chi connectivity index (χ0v) is 14.3. The van der Waals surface area contributed by atoms with E-state index < -0.39 is 0 Å². The van der Waals surface area contributed by atoms with E-state index in [-0.39, 0.29) is 16.7 Å². The van der Waals surface area contributed by atoms with Gasteiger partial charge < -0.3 is 9.47 Å².